The second kappa shape index (κ2) is 202. The molecule has 0 aliphatic carbocycles. The van der Waals surface area contributed by atoms with E-state index >= 15 is 0 Å². The van der Waals surface area contributed by atoms with Crippen LogP contribution in [0, 0.1) is 0 Å². The van der Waals surface area contributed by atoms with Gasteiger partial charge in [0, 0.05) is 0 Å². The third-order valence-corrected chi connectivity index (χ3v) is 0. The van der Waals surface area contributed by atoms with Crippen molar-refractivity contribution in [3.63, 3.8) is 0 Å². The Morgan fingerprint density at radius 2 is 0.375 bits per heavy atom. The quantitative estimate of drug-likeness (QED) is 0.373. The molecule has 0 rings (SSSR count). The fraction of sp³-hybridized carbons (Fsp3) is 0. The Bertz CT molecular complexity index is 8.49. The summed E-state index contributed by atoms with van der Waals surface area (Å²) in [5.74, 6) is 0. The summed E-state index contributed by atoms with van der Waals surface area (Å²) in [5.41, 5.74) is 0. The molecule has 0 saturated heterocycles. The molecule has 0 aromatic carbocycles. The molecule has 0 saturated carbocycles. The Morgan fingerprint density at radius 1 is 0.375 bits per heavy atom. The van der Waals surface area contributed by atoms with Crippen molar-refractivity contribution in [2.45, 2.75) is 0 Å². The van der Waals surface area contributed by atoms with Crippen LogP contribution in [0.3, 0.4) is 0 Å². The first-order valence-electron chi connectivity index (χ1n) is 0. The van der Waals surface area contributed by atoms with Crippen LogP contribution >= 0.6 is 0 Å². The molecule has 8 heavy (non-hydrogen) atoms. The van der Waals surface area contributed by atoms with Crippen LogP contribution in [0.2, 0.25) is 0 Å². The summed E-state index contributed by atoms with van der Waals surface area (Å²) < 4.78 is 0. The molecule has 0 atom stereocenters. The maximum atomic E-state index is 0. The topological polar surface area (TPSA) is 0 Å². The predicted molar refractivity (Wildman–Crippen MR) is 0 cm³/mol. The van der Waals surface area contributed by atoms with E-state index in [4.69, 9.17) is 0 Å². The van der Waals surface area contributed by atoms with Crippen molar-refractivity contribution in [1.29, 1.82) is 0 Å². The van der Waals surface area contributed by atoms with Gasteiger partial charge < -0.3 is 28.2 Å². The van der Waals surface area contributed by atoms with Gasteiger partial charge in [-0.2, -0.15) is 0 Å². The Balaban J connectivity index is 0. The largest absolute Gasteiger partial charge is 3.00 e. The molecule has 48 valence electrons. The van der Waals surface area contributed by atoms with E-state index in [-0.39, 0.29) is 86.8 Å². The first-order chi connectivity index (χ1) is 0. The first kappa shape index (κ1) is 289. The van der Waals surface area contributed by atoms with Crippen LogP contribution in [0.5, 0.6) is 0 Å². The van der Waals surface area contributed by atoms with E-state index in [0.717, 1.165) is 0 Å². The van der Waals surface area contributed by atoms with Crippen LogP contribution in [0.25, 0.3) is 0 Å². The fourth-order valence-corrected chi connectivity index (χ4v) is 0. The summed E-state index contributed by atoms with van der Waals surface area (Å²) >= 11 is 0. The minimum Gasteiger partial charge on any atom is -1.00 e. The van der Waals surface area contributed by atoms with E-state index < -0.39 is 0 Å². The van der Waals surface area contributed by atoms with E-state index in [2.05, 4.69) is 0 Å². The van der Waals surface area contributed by atoms with Gasteiger partial charge in [0.05, 0.1) is 0 Å². The van der Waals surface area contributed by atoms with Crippen LogP contribution < -0.4 is 28.2 Å². The molecule has 8 heteroatoms. The van der Waals surface area contributed by atoms with Crippen LogP contribution in [0.15, 0.2) is 0 Å². The van der Waals surface area contributed by atoms with Crippen LogP contribution in [-0.2, 0) is 58.6 Å². The summed E-state index contributed by atoms with van der Waals surface area (Å²) in [5, 5.41) is 0. The van der Waals surface area contributed by atoms with Gasteiger partial charge in [0.25, 0.3) is 0 Å². The van der Waals surface area contributed by atoms with Crippen LogP contribution in [0.1, 0.15) is 0 Å². The smallest absolute Gasteiger partial charge is 1.00 e. The number of halogens is 6. The van der Waals surface area contributed by atoms with Crippen LogP contribution in [0.4, 0.5) is 0 Å². The normalized spacial score (nSPS) is 0. The van der Waals surface area contributed by atoms with E-state index in [1.54, 1.807) is 0 Å². The van der Waals surface area contributed by atoms with Crippen molar-refractivity contribution in [1.82, 2.24) is 0 Å². The summed E-state index contributed by atoms with van der Waals surface area (Å²) in [4.78, 5) is 0. The van der Waals surface area contributed by atoms with Crippen molar-refractivity contribution >= 4 is 0 Å². The number of rotatable bonds is 0. The third-order valence-electron chi connectivity index (χ3n) is 0. The zero-order valence-electron chi connectivity index (χ0n) is 3.42. The van der Waals surface area contributed by atoms with Gasteiger partial charge in [-0.1, -0.05) is 0 Å². The summed E-state index contributed by atoms with van der Waals surface area (Å²) in [6.45, 7) is 0. The second-order valence-corrected chi connectivity index (χ2v) is 0. The average Bonchev–Trinajstić information content (AvgIpc) is 0. The van der Waals surface area contributed by atoms with Gasteiger partial charge in [0.15, 0.2) is 0 Å². The maximum Gasteiger partial charge on any atom is 3.00 e. The monoisotopic (exact) mass is 248 g/mol. The molecule has 0 aliphatic rings. The van der Waals surface area contributed by atoms with E-state index in [0.29, 0.717) is 0 Å². The standard InChI is InChI=1S/6FH.Sc.Y/h6*1H;;/q;;;;;;2*+3/p-6. The maximum absolute atomic E-state index is 0. The summed E-state index contributed by atoms with van der Waals surface area (Å²) in [6, 6.07) is 0. The molecule has 0 aromatic rings. The van der Waals surface area contributed by atoms with Gasteiger partial charge in [-0.15, -0.1) is 0 Å². The molecule has 0 aliphatic heterocycles. The first-order valence-corrected chi connectivity index (χ1v) is 0. The zero-order chi connectivity index (χ0) is 0. The Labute approximate surface area is 86.0 Å². The Morgan fingerprint density at radius 3 is 0.375 bits per heavy atom. The molecule has 0 fully saturated rings. The fourth-order valence-electron chi connectivity index (χ4n) is 0. The SMILES string of the molecule is [F-].[F-].[F-].[F-].[F-].[F-].[Sc+3].[Y+3]. The zero-order valence-corrected chi connectivity index (χ0v) is 8.06. The molecule has 0 amide bonds. The van der Waals surface area contributed by atoms with Gasteiger partial charge in [-0.05, 0) is 0 Å². The summed E-state index contributed by atoms with van der Waals surface area (Å²) in [7, 11) is 0. The minimum absolute atomic E-state index is 0. The van der Waals surface area contributed by atoms with Gasteiger partial charge in [0.1, 0.15) is 0 Å². The average molecular weight is 248 g/mol. The molecule has 0 spiro atoms. The minimum atomic E-state index is 0. The molecular formula is F6ScY. The van der Waals surface area contributed by atoms with Gasteiger partial charge in [-0.3, -0.25) is 0 Å². The molecule has 0 unspecified atom stereocenters. The van der Waals surface area contributed by atoms with Gasteiger partial charge in [0.2, 0.25) is 0 Å². The van der Waals surface area contributed by atoms with Crippen molar-refractivity contribution < 1.29 is 86.8 Å². The second-order valence-electron chi connectivity index (χ2n) is 0. The number of hydrogen-bond acceptors (Lipinski definition) is 0. The molecule has 0 radical (unpaired) electrons. The van der Waals surface area contributed by atoms with E-state index in [9.17, 15) is 0 Å². The Kier molecular flexibility index (Phi) is 7310. The molecule has 0 N–H and O–H groups in total. The van der Waals surface area contributed by atoms with Crippen LogP contribution in [-0.4, -0.2) is 0 Å². The molecule has 0 nitrogen and oxygen atoms in total. The third kappa shape index (κ3) is 134. The van der Waals surface area contributed by atoms with Gasteiger partial charge >= 0.3 is 58.6 Å². The molecule has 0 heterocycles. The molecule has 0 bridgehead atoms. The summed E-state index contributed by atoms with van der Waals surface area (Å²) in [6.07, 6.45) is 0. The van der Waals surface area contributed by atoms with E-state index in [1.165, 1.54) is 0 Å². The van der Waals surface area contributed by atoms with Crippen molar-refractivity contribution in [2.24, 2.45) is 0 Å². The molecule has 0 aromatic heterocycles. The number of hydrogen-bond donors (Lipinski definition) is 0. The van der Waals surface area contributed by atoms with Gasteiger partial charge in [-0.25, -0.2) is 0 Å². The van der Waals surface area contributed by atoms with E-state index in [1.807, 2.05) is 0 Å². The van der Waals surface area contributed by atoms with Crippen molar-refractivity contribution in [3.8, 4) is 0 Å². The van der Waals surface area contributed by atoms with Crippen molar-refractivity contribution in [3.05, 3.63) is 0 Å². The molecular weight excluding hydrogens is 248 g/mol. The Hall–Kier alpha value is 1.55. The van der Waals surface area contributed by atoms with Crippen molar-refractivity contribution in [2.75, 3.05) is 0 Å². The predicted octanol–water partition coefficient (Wildman–Crippen LogP) is -18.0.